The third-order valence-corrected chi connectivity index (χ3v) is 3.76. The van der Waals surface area contributed by atoms with Gasteiger partial charge in [0.25, 0.3) is 0 Å². The van der Waals surface area contributed by atoms with E-state index in [9.17, 15) is 0 Å². The molecule has 3 aromatic rings. The van der Waals surface area contributed by atoms with Gasteiger partial charge in [-0.3, -0.25) is 4.57 Å². The second kappa shape index (κ2) is 4.80. The number of fused-ring (bicyclic) bond motifs is 1. The Morgan fingerprint density at radius 2 is 1.90 bits per heavy atom. The van der Waals surface area contributed by atoms with Crippen molar-refractivity contribution in [2.45, 2.75) is 13.8 Å². The Morgan fingerprint density at radius 3 is 2.60 bits per heavy atom. The van der Waals surface area contributed by atoms with E-state index in [1.165, 1.54) is 5.56 Å². The molecule has 0 atom stereocenters. The SMILES string of the molecule is COc1ccc(-n2c(=S)[nH]c3ccc(C)cc32)cc1C. The Bertz CT molecular complexity index is 845. The Hall–Kier alpha value is -2.07. The minimum atomic E-state index is 0.704. The molecule has 0 saturated carbocycles. The van der Waals surface area contributed by atoms with Crippen molar-refractivity contribution in [1.29, 1.82) is 0 Å². The van der Waals surface area contributed by atoms with Crippen molar-refractivity contribution in [3.05, 3.63) is 52.3 Å². The highest BCUT2D eigenvalue weighted by molar-refractivity contribution is 7.71. The molecule has 1 N–H and O–H groups in total. The highest BCUT2D eigenvalue weighted by Crippen LogP contribution is 2.25. The van der Waals surface area contributed by atoms with Gasteiger partial charge in [0, 0.05) is 5.69 Å². The van der Waals surface area contributed by atoms with Gasteiger partial charge in [0.2, 0.25) is 0 Å². The maximum atomic E-state index is 5.46. The summed E-state index contributed by atoms with van der Waals surface area (Å²) in [6, 6.07) is 12.4. The van der Waals surface area contributed by atoms with Gasteiger partial charge in [0.1, 0.15) is 5.75 Å². The highest BCUT2D eigenvalue weighted by Gasteiger charge is 2.08. The Morgan fingerprint density at radius 1 is 1.10 bits per heavy atom. The first-order valence-corrected chi connectivity index (χ1v) is 6.87. The van der Waals surface area contributed by atoms with Crippen molar-refractivity contribution in [2.75, 3.05) is 7.11 Å². The fourth-order valence-electron chi connectivity index (χ4n) is 2.47. The zero-order chi connectivity index (χ0) is 14.3. The van der Waals surface area contributed by atoms with E-state index in [4.69, 9.17) is 17.0 Å². The summed E-state index contributed by atoms with van der Waals surface area (Å²) >= 11 is 5.46. The van der Waals surface area contributed by atoms with E-state index >= 15 is 0 Å². The van der Waals surface area contributed by atoms with E-state index in [1.54, 1.807) is 7.11 Å². The van der Waals surface area contributed by atoms with E-state index in [0.717, 1.165) is 28.0 Å². The standard InChI is InChI=1S/C16H16N2OS/c1-10-4-6-13-14(8-10)18(16(20)17-13)12-5-7-15(19-3)11(2)9-12/h4-9H,1-3H3,(H,17,20). The molecule has 0 saturated heterocycles. The largest absolute Gasteiger partial charge is 0.496 e. The molecule has 0 aliphatic rings. The number of aromatic nitrogens is 2. The average molecular weight is 284 g/mol. The van der Waals surface area contributed by atoms with Crippen LogP contribution in [0.5, 0.6) is 5.75 Å². The van der Waals surface area contributed by atoms with Crippen LogP contribution >= 0.6 is 12.2 Å². The molecule has 102 valence electrons. The monoisotopic (exact) mass is 284 g/mol. The quantitative estimate of drug-likeness (QED) is 0.710. The third-order valence-electron chi connectivity index (χ3n) is 3.48. The van der Waals surface area contributed by atoms with Crippen LogP contribution in [0.3, 0.4) is 0 Å². The van der Waals surface area contributed by atoms with Crippen LogP contribution in [0.2, 0.25) is 0 Å². The van der Waals surface area contributed by atoms with Crippen molar-refractivity contribution < 1.29 is 4.74 Å². The lowest BCUT2D eigenvalue weighted by molar-refractivity contribution is 0.411. The first-order valence-electron chi connectivity index (χ1n) is 6.46. The number of methoxy groups -OCH3 is 1. The van der Waals surface area contributed by atoms with Crippen LogP contribution in [-0.4, -0.2) is 16.7 Å². The van der Waals surface area contributed by atoms with E-state index in [2.05, 4.69) is 40.7 Å². The summed E-state index contributed by atoms with van der Waals surface area (Å²) in [6.07, 6.45) is 0. The molecule has 1 heterocycles. The number of nitrogens with zero attached hydrogens (tertiary/aromatic N) is 1. The third kappa shape index (κ3) is 2.02. The zero-order valence-electron chi connectivity index (χ0n) is 11.7. The summed E-state index contributed by atoms with van der Waals surface area (Å²) in [5.74, 6) is 0.885. The number of aromatic amines is 1. The summed E-state index contributed by atoms with van der Waals surface area (Å²) < 4.78 is 8.07. The molecule has 0 aliphatic carbocycles. The molecule has 4 heteroatoms. The van der Waals surface area contributed by atoms with Crippen molar-refractivity contribution in [1.82, 2.24) is 9.55 Å². The Labute approximate surface area is 122 Å². The van der Waals surface area contributed by atoms with Crippen LogP contribution in [0.1, 0.15) is 11.1 Å². The fourth-order valence-corrected chi connectivity index (χ4v) is 2.78. The Balaban J connectivity index is 2.28. The van der Waals surface area contributed by atoms with E-state index in [0.29, 0.717) is 4.77 Å². The van der Waals surface area contributed by atoms with Crippen molar-refractivity contribution >= 4 is 23.3 Å². The fraction of sp³-hybridized carbons (Fsp3) is 0.188. The number of H-pyrrole nitrogens is 1. The summed E-state index contributed by atoms with van der Waals surface area (Å²) in [7, 11) is 1.68. The Kier molecular flexibility index (Phi) is 3.10. The van der Waals surface area contributed by atoms with Gasteiger partial charge in [-0.1, -0.05) is 6.07 Å². The predicted octanol–water partition coefficient (Wildman–Crippen LogP) is 4.31. The molecular formula is C16H16N2OS. The molecule has 0 unspecified atom stereocenters. The lowest BCUT2D eigenvalue weighted by atomic mass is 10.2. The number of hydrogen-bond acceptors (Lipinski definition) is 2. The van der Waals surface area contributed by atoms with Gasteiger partial charge < -0.3 is 9.72 Å². The predicted molar refractivity (Wildman–Crippen MR) is 84.5 cm³/mol. The van der Waals surface area contributed by atoms with Gasteiger partial charge in [-0.2, -0.15) is 0 Å². The smallest absolute Gasteiger partial charge is 0.182 e. The number of rotatable bonds is 2. The molecule has 0 aliphatic heterocycles. The minimum absolute atomic E-state index is 0.704. The second-order valence-corrected chi connectivity index (χ2v) is 5.33. The number of aryl methyl sites for hydroxylation is 2. The second-order valence-electron chi connectivity index (χ2n) is 4.94. The number of benzene rings is 2. The van der Waals surface area contributed by atoms with Gasteiger partial charge in [0.05, 0.1) is 18.1 Å². The molecule has 20 heavy (non-hydrogen) atoms. The number of hydrogen-bond donors (Lipinski definition) is 1. The van der Waals surface area contributed by atoms with Crippen LogP contribution in [0.25, 0.3) is 16.7 Å². The average Bonchev–Trinajstić information content (AvgIpc) is 2.74. The van der Waals surface area contributed by atoms with Crippen LogP contribution in [-0.2, 0) is 0 Å². The normalized spacial score (nSPS) is 10.9. The van der Waals surface area contributed by atoms with E-state index in [1.807, 2.05) is 19.1 Å². The van der Waals surface area contributed by atoms with Gasteiger partial charge >= 0.3 is 0 Å². The molecule has 3 rings (SSSR count). The number of imidazole rings is 1. The molecule has 0 spiro atoms. The maximum Gasteiger partial charge on any atom is 0.182 e. The molecule has 0 radical (unpaired) electrons. The molecule has 1 aromatic heterocycles. The van der Waals surface area contributed by atoms with Gasteiger partial charge in [0.15, 0.2) is 4.77 Å². The lowest BCUT2D eigenvalue weighted by Gasteiger charge is -2.09. The molecule has 0 amide bonds. The van der Waals surface area contributed by atoms with E-state index in [-0.39, 0.29) is 0 Å². The first kappa shape index (κ1) is 12.9. The number of nitrogens with one attached hydrogen (secondary N) is 1. The highest BCUT2D eigenvalue weighted by atomic mass is 32.1. The van der Waals surface area contributed by atoms with Gasteiger partial charge in [-0.05, 0) is 67.5 Å². The maximum absolute atomic E-state index is 5.46. The van der Waals surface area contributed by atoms with Crippen LogP contribution < -0.4 is 4.74 Å². The lowest BCUT2D eigenvalue weighted by Crippen LogP contribution is -1.96. The molecule has 0 bridgehead atoms. The van der Waals surface area contributed by atoms with Gasteiger partial charge in [-0.25, -0.2) is 0 Å². The van der Waals surface area contributed by atoms with Crippen LogP contribution in [0.4, 0.5) is 0 Å². The first-order chi connectivity index (χ1) is 9.60. The van der Waals surface area contributed by atoms with Gasteiger partial charge in [-0.15, -0.1) is 0 Å². The molecule has 3 nitrogen and oxygen atoms in total. The van der Waals surface area contributed by atoms with Crippen LogP contribution in [0, 0.1) is 18.6 Å². The minimum Gasteiger partial charge on any atom is -0.496 e. The van der Waals surface area contributed by atoms with Crippen LogP contribution in [0.15, 0.2) is 36.4 Å². The summed E-state index contributed by atoms with van der Waals surface area (Å²) in [6.45, 7) is 4.12. The summed E-state index contributed by atoms with van der Waals surface area (Å²) in [4.78, 5) is 3.25. The van der Waals surface area contributed by atoms with Crippen molar-refractivity contribution in [3.8, 4) is 11.4 Å². The molecule has 2 aromatic carbocycles. The number of ether oxygens (including phenoxy) is 1. The van der Waals surface area contributed by atoms with Crippen molar-refractivity contribution in [3.63, 3.8) is 0 Å². The zero-order valence-corrected chi connectivity index (χ0v) is 12.5. The summed E-state index contributed by atoms with van der Waals surface area (Å²) in [5.41, 5.74) is 5.50. The topological polar surface area (TPSA) is 29.9 Å². The molecular weight excluding hydrogens is 268 g/mol. The van der Waals surface area contributed by atoms with E-state index < -0.39 is 0 Å². The molecule has 0 fully saturated rings. The van der Waals surface area contributed by atoms with Crippen molar-refractivity contribution in [2.24, 2.45) is 0 Å². The summed E-state index contributed by atoms with van der Waals surface area (Å²) in [5, 5.41) is 0.